The lowest BCUT2D eigenvalue weighted by molar-refractivity contribution is -0.144. The van der Waals surface area contributed by atoms with E-state index in [2.05, 4.69) is 5.32 Å². The third-order valence-electron chi connectivity index (χ3n) is 6.18. The Hall–Kier alpha value is -2.47. The van der Waals surface area contributed by atoms with Gasteiger partial charge in [0.1, 0.15) is 6.10 Å². The Morgan fingerprint density at radius 3 is 2.63 bits per heavy atom. The van der Waals surface area contributed by atoms with E-state index in [1.807, 2.05) is 6.92 Å². The Balaban J connectivity index is 1.82. The summed E-state index contributed by atoms with van der Waals surface area (Å²) < 4.78 is 11.1. The molecule has 0 bridgehead atoms. The van der Waals surface area contributed by atoms with Crippen molar-refractivity contribution >= 4 is 23.4 Å². The Bertz CT molecular complexity index is 959. The number of ketones is 1. The van der Waals surface area contributed by atoms with Gasteiger partial charge in [-0.15, -0.1) is 0 Å². The number of hydrogen-bond acceptors (Lipinski definition) is 6. The smallest absolute Gasteiger partial charge is 0.337 e. The van der Waals surface area contributed by atoms with Crippen LogP contribution in [0, 0.1) is 0 Å². The van der Waals surface area contributed by atoms with E-state index < -0.39 is 11.9 Å². The van der Waals surface area contributed by atoms with E-state index in [1.165, 1.54) is 7.11 Å². The molecule has 0 spiro atoms. The van der Waals surface area contributed by atoms with Gasteiger partial charge in [-0.1, -0.05) is 11.6 Å². The predicted octanol–water partition coefficient (Wildman–Crippen LogP) is 4.51. The van der Waals surface area contributed by atoms with Crippen molar-refractivity contribution in [3.05, 3.63) is 45.3 Å². The van der Waals surface area contributed by atoms with Gasteiger partial charge in [-0.2, -0.15) is 0 Å². The van der Waals surface area contributed by atoms with Gasteiger partial charge in [-0.3, -0.25) is 4.79 Å². The quantitative estimate of drug-likeness (QED) is 0.682. The number of hydrogen-bond donors (Lipinski definition) is 2. The lowest BCUT2D eigenvalue weighted by atomic mass is 9.75. The maximum absolute atomic E-state index is 13.3. The zero-order valence-electron chi connectivity index (χ0n) is 17.2. The van der Waals surface area contributed by atoms with Crippen LogP contribution < -0.4 is 10.1 Å². The first-order valence-corrected chi connectivity index (χ1v) is 10.8. The second-order valence-electron chi connectivity index (χ2n) is 8.13. The Kier molecular flexibility index (Phi) is 5.78. The molecular weight excluding hydrogens is 406 g/mol. The second-order valence-corrected chi connectivity index (χ2v) is 8.54. The monoisotopic (exact) mass is 431 g/mol. The number of nitrogens with one attached hydrogen (secondary N) is 1. The molecule has 160 valence electrons. The number of carbonyl (C=O) groups is 2. The summed E-state index contributed by atoms with van der Waals surface area (Å²) in [7, 11) is 1.43. The number of dihydropyridines is 1. The Morgan fingerprint density at radius 1 is 1.20 bits per heavy atom. The summed E-state index contributed by atoms with van der Waals surface area (Å²) in [6.45, 7) is 1.83. The maximum atomic E-state index is 13.3. The first kappa shape index (κ1) is 20.8. The lowest BCUT2D eigenvalue weighted by Gasteiger charge is -2.34. The van der Waals surface area contributed by atoms with E-state index in [1.54, 1.807) is 12.1 Å². The third kappa shape index (κ3) is 3.69. The number of rotatable bonds is 4. The highest BCUT2D eigenvalue weighted by Crippen LogP contribution is 2.46. The topological polar surface area (TPSA) is 84.9 Å². The molecule has 1 atom stereocenters. The zero-order chi connectivity index (χ0) is 21.4. The van der Waals surface area contributed by atoms with Crippen molar-refractivity contribution in [2.24, 2.45) is 0 Å². The molecule has 7 heteroatoms. The largest absolute Gasteiger partial charge is 0.503 e. The van der Waals surface area contributed by atoms with Gasteiger partial charge in [0.2, 0.25) is 0 Å². The van der Waals surface area contributed by atoms with Crippen molar-refractivity contribution < 1.29 is 24.2 Å². The SMILES string of the molecule is COc1cc(C2C(C(=O)OC3CCCC3)=C(C)NC3=C2C(=O)CCC3)cc(Cl)c1O. The minimum Gasteiger partial charge on any atom is -0.503 e. The summed E-state index contributed by atoms with van der Waals surface area (Å²) in [6, 6.07) is 3.23. The fourth-order valence-corrected chi connectivity index (χ4v) is 4.94. The number of Topliss-reactive ketones (excluding diaryl/α,β-unsaturated/α-hetero) is 1. The fraction of sp³-hybridized carbons (Fsp3) is 0.478. The summed E-state index contributed by atoms with van der Waals surface area (Å²) in [5.41, 5.74) is 3.14. The number of phenols is 1. The summed E-state index contributed by atoms with van der Waals surface area (Å²) in [4.78, 5) is 26.2. The van der Waals surface area contributed by atoms with Crippen LogP contribution in [0.1, 0.15) is 63.4 Å². The van der Waals surface area contributed by atoms with Gasteiger partial charge in [0.15, 0.2) is 17.3 Å². The van der Waals surface area contributed by atoms with Crippen molar-refractivity contribution in [2.75, 3.05) is 7.11 Å². The predicted molar refractivity (Wildman–Crippen MR) is 112 cm³/mol. The highest BCUT2D eigenvalue weighted by molar-refractivity contribution is 6.32. The van der Waals surface area contributed by atoms with Crippen molar-refractivity contribution in [1.29, 1.82) is 0 Å². The minimum absolute atomic E-state index is 0.00980. The number of aromatic hydroxyl groups is 1. The van der Waals surface area contributed by atoms with Gasteiger partial charge in [0.25, 0.3) is 0 Å². The zero-order valence-corrected chi connectivity index (χ0v) is 18.0. The summed E-state index contributed by atoms with van der Waals surface area (Å²) in [6.07, 6.45) is 5.68. The van der Waals surface area contributed by atoms with Crippen LogP contribution in [0.4, 0.5) is 0 Å². The molecule has 1 saturated carbocycles. The van der Waals surface area contributed by atoms with E-state index >= 15 is 0 Å². The van der Waals surface area contributed by atoms with Crippen molar-refractivity contribution in [3.8, 4) is 11.5 Å². The van der Waals surface area contributed by atoms with Gasteiger partial charge < -0.3 is 19.9 Å². The van der Waals surface area contributed by atoms with Crippen molar-refractivity contribution in [2.45, 2.75) is 63.9 Å². The molecular formula is C23H26ClNO5. The number of benzene rings is 1. The molecule has 1 unspecified atom stereocenters. The summed E-state index contributed by atoms with van der Waals surface area (Å²) >= 11 is 6.25. The number of phenolic OH excluding ortho intramolecular Hbond substituents is 1. The molecule has 30 heavy (non-hydrogen) atoms. The number of halogens is 1. The molecule has 0 saturated heterocycles. The molecule has 0 aromatic heterocycles. The molecule has 0 radical (unpaired) electrons. The van der Waals surface area contributed by atoms with Gasteiger partial charge in [-0.05, 0) is 63.1 Å². The standard InChI is InChI=1S/C23H26ClNO5/c1-12-19(23(28)30-14-6-3-4-7-14)20(21-16(25-12)8-5-9-17(21)26)13-10-15(24)22(27)18(11-13)29-2/h10-11,14,20,25,27H,3-9H2,1-2H3. The second kappa shape index (κ2) is 8.34. The average molecular weight is 432 g/mol. The number of ether oxygens (including phenoxy) is 2. The van der Waals surface area contributed by atoms with E-state index in [4.69, 9.17) is 21.1 Å². The van der Waals surface area contributed by atoms with E-state index in [0.29, 0.717) is 28.8 Å². The van der Waals surface area contributed by atoms with Gasteiger partial charge >= 0.3 is 5.97 Å². The molecule has 0 amide bonds. The van der Waals surface area contributed by atoms with Crippen molar-refractivity contribution in [3.63, 3.8) is 0 Å². The number of carbonyl (C=O) groups excluding carboxylic acids is 2. The molecule has 4 rings (SSSR count). The summed E-state index contributed by atoms with van der Waals surface area (Å²) in [5, 5.41) is 13.6. The van der Waals surface area contributed by atoms with Gasteiger partial charge in [-0.25, -0.2) is 4.79 Å². The van der Waals surface area contributed by atoms with E-state index in [0.717, 1.165) is 44.2 Å². The number of methoxy groups -OCH3 is 1. The van der Waals surface area contributed by atoms with Gasteiger partial charge in [0, 0.05) is 29.3 Å². The summed E-state index contributed by atoms with van der Waals surface area (Å²) in [5.74, 6) is -0.991. The van der Waals surface area contributed by atoms with E-state index in [9.17, 15) is 14.7 Å². The van der Waals surface area contributed by atoms with Crippen LogP contribution >= 0.6 is 11.6 Å². The van der Waals surface area contributed by atoms with Crippen LogP contribution in [-0.2, 0) is 14.3 Å². The highest BCUT2D eigenvalue weighted by Gasteiger charge is 2.40. The fourth-order valence-electron chi connectivity index (χ4n) is 4.72. The molecule has 2 N–H and O–H groups in total. The Morgan fingerprint density at radius 2 is 1.93 bits per heavy atom. The van der Waals surface area contributed by atoms with Crippen LogP contribution in [0.15, 0.2) is 34.7 Å². The molecule has 1 fully saturated rings. The number of allylic oxidation sites excluding steroid dienone is 3. The molecule has 1 heterocycles. The van der Waals surface area contributed by atoms with Crippen LogP contribution in [0.3, 0.4) is 0 Å². The van der Waals surface area contributed by atoms with Gasteiger partial charge in [0.05, 0.1) is 17.7 Å². The average Bonchev–Trinajstić information content (AvgIpc) is 3.22. The minimum atomic E-state index is -0.616. The first-order chi connectivity index (χ1) is 14.4. The normalized spacial score (nSPS) is 22.1. The maximum Gasteiger partial charge on any atom is 0.337 e. The Labute approximate surface area is 180 Å². The lowest BCUT2D eigenvalue weighted by Crippen LogP contribution is -2.35. The number of esters is 1. The molecule has 6 nitrogen and oxygen atoms in total. The van der Waals surface area contributed by atoms with Crippen LogP contribution in [0.5, 0.6) is 11.5 Å². The van der Waals surface area contributed by atoms with Crippen LogP contribution in [-0.4, -0.2) is 30.1 Å². The van der Waals surface area contributed by atoms with Crippen LogP contribution in [0.2, 0.25) is 5.02 Å². The molecule has 3 aliphatic rings. The molecule has 1 aliphatic heterocycles. The first-order valence-electron chi connectivity index (χ1n) is 10.4. The van der Waals surface area contributed by atoms with E-state index in [-0.39, 0.29) is 28.4 Å². The van der Waals surface area contributed by atoms with Crippen molar-refractivity contribution in [1.82, 2.24) is 5.32 Å². The molecule has 1 aromatic carbocycles. The molecule has 2 aliphatic carbocycles. The molecule has 1 aromatic rings. The highest BCUT2D eigenvalue weighted by atomic mass is 35.5. The third-order valence-corrected chi connectivity index (χ3v) is 6.46. The van der Waals surface area contributed by atoms with Crippen LogP contribution in [0.25, 0.3) is 0 Å².